The van der Waals surface area contributed by atoms with Crippen LogP contribution >= 0.6 is 15.9 Å². The van der Waals surface area contributed by atoms with Crippen molar-refractivity contribution in [2.75, 3.05) is 7.11 Å². The number of hydrogen-bond acceptors (Lipinski definition) is 3. The zero-order valence-electron chi connectivity index (χ0n) is 12.0. The monoisotopic (exact) mass is 348 g/mol. The average Bonchev–Trinajstić information content (AvgIpc) is 2.55. The number of carbonyl (C=O) groups is 1. The summed E-state index contributed by atoms with van der Waals surface area (Å²) in [4.78, 5) is 12.2. The molecule has 2 aromatic rings. The molecule has 1 unspecified atom stereocenters. The Morgan fingerprint density at radius 3 is 2.24 bits per heavy atom. The molecule has 2 rings (SSSR count). The lowest BCUT2D eigenvalue weighted by atomic mass is 9.95. The van der Waals surface area contributed by atoms with E-state index >= 15 is 0 Å². The maximum absolute atomic E-state index is 12.2. The van der Waals surface area contributed by atoms with Crippen LogP contribution in [0.3, 0.4) is 0 Å². The first-order valence-electron chi connectivity index (χ1n) is 6.58. The lowest BCUT2D eigenvalue weighted by Crippen LogP contribution is -2.39. The van der Waals surface area contributed by atoms with E-state index in [9.17, 15) is 4.79 Å². The first-order chi connectivity index (χ1) is 10.1. The highest BCUT2D eigenvalue weighted by Gasteiger charge is 2.39. The summed E-state index contributed by atoms with van der Waals surface area (Å²) in [6.07, 6.45) is 0. The van der Waals surface area contributed by atoms with Crippen LogP contribution in [0.25, 0.3) is 0 Å². The van der Waals surface area contributed by atoms with Gasteiger partial charge in [0.2, 0.25) is 5.60 Å². The van der Waals surface area contributed by atoms with Crippen molar-refractivity contribution in [3.8, 4) is 5.75 Å². The highest BCUT2D eigenvalue weighted by atomic mass is 79.9. The van der Waals surface area contributed by atoms with Gasteiger partial charge in [-0.25, -0.2) is 4.79 Å². The van der Waals surface area contributed by atoms with Crippen molar-refractivity contribution in [1.82, 2.24) is 0 Å². The molecule has 0 saturated carbocycles. The molecule has 0 aliphatic carbocycles. The molecule has 2 aromatic carbocycles. The summed E-state index contributed by atoms with van der Waals surface area (Å²) < 4.78 is 10.9. The second-order valence-corrected chi connectivity index (χ2v) is 5.33. The van der Waals surface area contributed by atoms with Crippen LogP contribution in [0.2, 0.25) is 0 Å². The van der Waals surface area contributed by atoms with Gasteiger partial charge >= 0.3 is 5.97 Å². The predicted molar refractivity (Wildman–Crippen MR) is 85.5 cm³/mol. The Morgan fingerprint density at radius 1 is 1.10 bits per heavy atom. The zero-order chi connectivity index (χ0) is 15.3. The first-order valence-corrected chi connectivity index (χ1v) is 7.70. The molecule has 0 aromatic heterocycles. The van der Waals surface area contributed by atoms with Gasteiger partial charge in [-0.2, -0.15) is 0 Å². The molecule has 0 saturated heterocycles. The van der Waals surface area contributed by atoms with Crippen LogP contribution in [-0.2, 0) is 20.5 Å². The Morgan fingerprint density at radius 2 is 1.71 bits per heavy atom. The molecule has 0 aliphatic rings. The molecule has 1 atom stereocenters. The molecule has 3 nitrogen and oxygen atoms in total. The number of halogens is 1. The molecule has 0 heterocycles. The largest absolute Gasteiger partial charge is 0.471 e. The van der Waals surface area contributed by atoms with Crippen LogP contribution in [-0.4, -0.2) is 13.1 Å². The van der Waals surface area contributed by atoms with E-state index in [1.807, 2.05) is 54.6 Å². The van der Waals surface area contributed by atoms with Gasteiger partial charge in [-0.05, 0) is 24.6 Å². The number of hydrogen-bond donors (Lipinski definition) is 0. The quantitative estimate of drug-likeness (QED) is 0.604. The van der Waals surface area contributed by atoms with Gasteiger partial charge in [0, 0.05) is 10.9 Å². The standard InChI is InChI=1S/C17H17BrO3/c1-17(16(19)20-2,14-6-4-3-5-7-14)21-15-10-8-13(12-18)9-11-15/h3-11H,12H2,1-2H3. The Bertz CT molecular complexity index is 595. The number of alkyl halides is 1. The van der Waals surface area contributed by atoms with Crippen molar-refractivity contribution in [2.45, 2.75) is 17.9 Å². The van der Waals surface area contributed by atoms with Gasteiger partial charge < -0.3 is 9.47 Å². The molecule has 0 amide bonds. The van der Waals surface area contributed by atoms with Crippen molar-refractivity contribution >= 4 is 21.9 Å². The van der Waals surface area contributed by atoms with E-state index in [1.54, 1.807) is 6.92 Å². The second kappa shape index (κ2) is 6.76. The summed E-state index contributed by atoms with van der Waals surface area (Å²) in [5.41, 5.74) is 0.717. The van der Waals surface area contributed by atoms with Crippen molar-refractivity contribution in [3.05, 3.63) is 65.7 Å². The fourth-order valence-electron chi connectivity index (χ4n) is 2.05. The highest BCUT2D eigenvalue weighted by Crippen LogP contribution is 2.29. The van der Waals surface area contributed by atoms with Crippen molar-refractivity contribution in [2.24, 2.45) is 0 Å². The van der Waals surface area contributed by atoms with Gasteiger partial charge in [-0.15, -0.1) is 0 Å². The lowest BCUT2D eigenvalue weighted by molar-refractivity contribution is -0.158. The second-order valence-electron chi connectivity index (χ2n) is 4.77. The average molecular weight is 349 g/mol. The fraction of sp³-hybridized carbons (Fsp3) is 0.235. The summed E-state index contributed by atoms with van der Waals surface area (Å²) in [7, 11) is 1.36. The van der Waals surface area contributed by atoms with Gasteiger partial charge in [0.15, 0.2) is 0 Å². The number of methoxy groups -OCH3 is 1. The van der Waals surface area contributed by atoms with Crippen LogP contribution in [0.5, 0.6) is 5.75 Å². The fourth-order valence-corrected chi connectivity index (χ4v) is 2.43. The van der Waals surface area contributed by atoms with E-state index < -0.39 is 11.6 Å². The van der Waals surface area contributed by atoms with E-state index in [2.05, 4.69) is 15.9 Å². The topological polar surface area (TPSA) is 35.5 Å². The van der Waals surface area contributed by atoms with E-state index in [-0.39, 0.29) is 0 Å². The van der Waals surface area contributed by atoms with Crippen molar-refractivity contribution in [1.29, 1.82) is 0 Å². The van der Waals surface area contributed by atoms with Gasteiger partial charge in [0.1, 0.15) is 5.75 Å². The zero-order valence-corrected chi connectivity index (χ0v) is 13.6. The van der Waals surface area contributed by atoms with Gasteiger partial charge in [0.25, 0.3) is 0 Å². The summed E-state index contributed by atoms with van der Waals surface area (Å²) in [6.45, 7) is 1.71. The SMILES string of the molecule is COC(=O)C(C)(Oc1ccc(CBr)cc1)c1ccccc1. The van der Waals surface area contributed by atoms with E-state index in [0.29, 0.717) is 5.75 Å². The summed E-state index contributed by atoms with van der Waals surface area (Å²) in [6, 6.07) is 16.9. The summed E-state index contributed by atoms with van der Waals surface area (Å²) in [5, 5.41) is 0.778. The molecule has 0 fully saturated rings. The summed E-state index contributed by atoms with van der Waals surface area (Å²) in [5.74, 6) is 0.190. The Kier molecular flexibility index (Phi) is 5.02. The van der Waals surface area contributed by atoms with E-state index in [1.165, 1.54) is 7.11 Å². The molecular formula is C17H17BrO3. The van der Waals surface area contributed by atoms with Crippen molar-refractivity contribution < 1.29 is 14.3 Å². The molecule has 4 heteroatoms. The van der Waals surface area contributed by atoms with Crippen LogP contribution in [0.4, 0.5) is 0 Å². The maximum atomic E-state index is 12.2. The first kappa shape index (κ1) is 15.6. The third kappa shape index (κ3) is 3.45. The van der Waals surface area contributed by atoms with Crippen LogP contribution in [0, 0.1) is 0 Å². The Labute approximate surface area is 133 Å². The smallest absolute Gasteiger partial charge is 0.354 e. The van der Waals surface area contributed by atoms with E-state index in [4.69, 9.17) is 9.47 Å². The predicted octanol–water partition coefficient (Wildman–Crippen LogP) is 4.05. The van der Waals surface area contributed by atoms with Gasteiger partial charge in [-0.1, -0.05) is 58.4 Å². The van der Waals surface area contributed by atoms with Crippen LogP contribution in [0.15, 0.2) is 54.6 Å². The molecule has 0 N–H and O–H groups in total. The van der Waals surface area contributed by atoms with Crippen molar-refractivity contribution in [3.63, 3.8) is 0 Å². The number of benzene rings is 2. The Hall–Kier alpha value is -1.81. The maximum Gasteiger partial charge on any atom is 0.354 e. The van der Waals surface area contributed by atoms with Gasteiger partial charge in [-0.3, -0.25) is 0 Å². The number of rotatable bonds is 5. The van der Waals surface area contributed by atoms with Crippen LogP contribution < -0.4 is 4.74 Å². The number of carbonyl (C=O) groups excluding carboxylic acids is 1. The third-order valence-electron chi connectivity index (χ3n) is 3.30. The molecular weight excluding hydrogens is 332 g/mol. The lowest BCUT2D eigenvalue weighted by Gasteiger charge is -2.28. The summed E-state index contributed by atoms with van der Waals surface area (Å²) >= 11 is 3.40. The van der Waals surface area contributed by atoms with E-state index in [0.717, 1.165) is 16.5 Å². The number of ether oxygens (including phenoxy) is 2. The molecule has 110 valence electrons. The minimum Gasteiger partial charge on any atom is -0.471 e. The minimum atomic E-state index is -1.17. The molecule has 0 spiro atoms. The molecule has 21 heavy (non-hydrogen) atoms. The van der Waals surface area contributed by atoms with Crippen LogP contribution in [0.1, 0.15) is 18.1 Å². The Balaban J connectivity index is 2.34. The molecule has 0 aliphatic heterocycles. The molecule has 0 radical (unpaired) electrons. The highest BCUT2D eigenvalue weighted by molar-refractivity contribution is 9.08. The normalized spacial score (nSPS) is 13.3. The third-order valence-corrected chi connectivity index (χ3v) is 3.95. The minimum absolute atomic E-state index is 0.432. The number of esters is 1. The van der Waals surface area contributed by atoms with Gasteiger partial charge in [0.05, 0.1) is 7.11 Å². The molecule has 0 bridgehead atoms.